The fourth-order valence-corrected chi connectivity index (χ4v) is 3.22. The highest BCUT2D eigenvalue weighted by Gasteiger charge is 2.60. The number of fused-ring (bicyclic) bond motifs is 1. The number of hydrogen-bond donors (Lipinski definition) is 2. The van der Waals surface area contributed by atoms with Gasteiger partial charge in [-0.05, 0) is 12.1 Å². The van der Waals surface area contributed by atoms with E-state index >= 15 is 0 Å². The molecule has 1 saturated heterocycles. The van der Waals surface area contributed by atoms with E-state index in [1.165, 1.54) is 16.9 Å². The largest absolute Gasteiger partial charge is 0.463 e. The van der Waals surface area contributed by atoms with Crippen LogP contribution < -0.4 is 5.73 Å². The summed E-state index contributed by atoms with van der Waals surface area (Å²) in [5.74, 6) is -1.39. The van der Waals surface area contributed by atoms with Crippen LogP contribution in [-0.4, -0.2) is 56.6 Å². The normalized spacial score (nSPS) is 25.9. The van der Waals surface area contributed by atoms with Crippen LogP contribution in [0.1, 0.15) is 32.9 Å². The second-order valence-electron chi connectivity index (χ2n) is 7.20. The summed E-state index contributed by atoms with van der Waals surface area (Å²) in [7, 11) is 0. The van der Waals surface area contributed by atoms with Crippen molar-refractivity contribution in [2.45, 2.75) is 51.1 Å². The molecule has 1 aliphatic rings. The van der Waals surface area contributed by atoms with E-state index in [1.54, 1.807) is 26.8 Å². The number of hydrogen-bond acceptors (Lipinski definition) is 10. The molecule has 11 heteroatoms. The third-order valence-corrected chi connectivity index (χ3v) is 4.88. The zero-order valence-electron chi connectivity index (χ0n) is 16.8. The number of nitrogens with two attached hydrogens (primary N) is 1. The van der Waals surface area contributed by atoms with Gasteiger partial charge in [0.15, 0.2) is 11.9 Å². The van der Waals surface area contributed by atoms with Crippen LogP contribution in [0.2, 0.25) is 0 Å². The molecular weight excluding hydrogens is 394 g/mol. The van der Waals surface area contributed by atoms with Gasteiger partial charge in [0.1, 0.15) is 36.7 Å². The predicted octanol–water partition coefficient (Wildman–Crippen LogP) is 0.311. The zero-order chi connectivity index (χ0) is 22.1. The van der Waals surface area contributed by atoms with Gasteiger partial charge >= 0.3 is 11.9 Å². The van der Waals surface area contributed by atoms with Gasteiger partial charge in [0.25, 0.3) is 0 Å². The minimum Gasteiger partial charge on any atom is -0.463 e. The highest BCUT2D eigenvalue weighted by molar-refractivity contribution is 5.72. The summed E-state index contributed by atoms with van der Waals surface area (Å²) in [5, 5.41) is 25.2. The lowest BCUT2D eigenvalue weighted by molar-refractivity contribution is -0.163. The fraction of sp³-hybridized carbons (Fsp3) is 0.526. The summed E-state index contributed by atoms with van der Waals surface area (Å²) in [6.07, 6.45) is -2.55. The number of aromatic nitrogens is 3. The number of nitrogen functional groups attached to an aromatic ring is 1. The highest BCUT2D eigenvalue weighted by Crippen LogP contribution is 2.42. The summed E-state index contributed by atoms with van der Waals surface area (Å²) < 4.78 is 17.8. The van der Waals surface area contributed by atoms with Crippen LogP contribution in [0.3, 0.4) is 0 Å². The first-order chi connectivity index (χ1) is 14.2. The molecule has 3 heterocycles. The first-order valence-corrected chi connectivity index (χ1v) is 9.47. The van der Waals surface area contributed by atoms with Gasteiger partial charge in [-0.1, -0.05) is 20.8 Å². The van der Waals surface area contributed by atoms with Gasteiger partial charge in [-0.3, -0.25) is 9.59 Å². The minimum atomic E-state index is -1.95. The molecule has 11 nitrogen and oxygen atoms in total. The Hall–Kier alpha value is -3.23. The van der Waals surface area contributed by atoms with E-state index in [0.717, 1.165) is 0 Å². The first-order valence-electron chi connectivity index (χ1n) is 9.47. The molecule has 4 atom stereocenters. The van der Waals surface area contributed by atoms with Crippen LogP contribution >= 0.6 is 0 Å². The summed E-state index contributed by atoms with van der Waals surface area (Å²) in [6.45, 7) is 4.59. The Morgan fingerprint density at radius 2 is 2.20 bits per heavy atom. The molecule has 1 aliphatic heterocycles. The molecule has 30 heavy (non-hydrogen) atoms. The maximum atomic E-state index is 12.2. The number of esters is 2. The second kappa shape index (κ2) is 8.25. The van der Waals surface area contributed by atoms with Crippen molar-refractivity contribution in [2.75, 3.05) is 12.3 Å². The van der Waals surface area contributed by atoms with E-state index in [2.05, 4.69) is 10.1 Å². The Bertz CT molecular complexity index is 999. The van der Waals surface area contributed by atoms with Crippen molar-refractivity contribution < 1.29 is 28.9 Å². The summed E-state index contributed by atoms with van der Waals surface area (Å²) >= 11 is 0. The van der Waals surface area contributed by atoms with Crippen LogP contribution in [0.15, 0.2) is 18.5 Å². The Morgan fingerprint density at radius 1 is 1.47 bits per heavy atom. The number of aliphatic hydroxyl groups excluding tert-OH is 1. The minimum absolute atomic E-state index is 0.134. The van der Waals surface area contributed by atoms with Crippen molar-refractivity contribution >= 4 is 23.3 Å². The Morgan fingerprint density at radius 3 is 2.83 bits per heavy atom. The molecule has 1 fully saturated rings. The molecule has 0 amide bonds. The van der Waals surface area contributed by atoms with Gasteiger partial charge in [-0.2, -0.15) is 10.4 Å². The van der Waals surface area contributed by atoms with Crippen molar-refractivity contribution in [2.24, 2.45) is 5.92 Å². The number of carbonyl (C=O) groups excluding carboxylic acids is 2. The number of nitrogens with zero attached hydrogens (tertiary/aromatic N) is 4. The molecule has 0 radical (unpaired) electrons. The molecule has 0 saturated carbocycles. The van der Waals surface area contributed by atoms with E-state index in [1.807, 2.05) is 6.07 Å². The van der Waals surface area contributed by atoms with Crippen LogP contribution in [-0.2, 0) is 29.4 Å². The highest BCUT2D eigenvalue weighted by atomic mass is 16.6. The molecule has 3 N–H and O–H groups in total. The Kier molecular flexibility index (Phi) is 5.91. The number of anilines is 1. The van der Waals surface area contributed by atoms with E-state index in [-0.39, 0.29) is 24.5 Å². The van der Waals surface area contributed by atoms with Gasteiger partial charge in [-0.15, -0.1) is 0 Å². The topological polar surface area (TPSA) is 162 Å². The number of nitriles is 1. The van der Waals surface area contributed by atoms with Gasteiger partial charge in [-0.25, -0.2) is 9.50 Å². The van der Waals surface area contributed by atoms with Crippen molar-refractivity contribution in [3.63, 3.8) is 0 Å². The lowest BCUT2D eigenvalue weighted by Gasteiger charge is -2.25. The fourth-order valence-electron chi connectivity index (χ4n) is 3.22. The molecule has 3 rings (SSSR count). The van der Waals surface area contributed by atoms with Crippen molar-refractivity contribution in [1.29, 1.82) is 5.26 Å². The van der Waals surface area contributed by atoms with Crippen molar-refractivity contribution in [1.82, 2.24) is 14.6 Å². The summed E-state index contributed by atoms with van der Waals surface area (Å²) in [6, 6.07) is 5.08. The van der Waals surface area contributed by atoms with E-state index in [9.17, 15) is 20.0 Å². The molecule has 0 aliphatic carbocycles. The third kappa shape index (κ3) is 3.55. The van der Waals surface area contributed by atoms with Crippen LogP contribution in [0.4, 0.5) is 5.82 Å². The molecule has 0 aromatic carbocycles. The number of ether oxygens (including phenoxy) is 3. The average Bonchev–Trinajstić information content (AvgIpc) is 3.27. The molecule has 0 spiro atoms. The lowest BCUT2D eigenvalue weighted by Crippen LogP contribution is -2.43. The predicted molar refractivity (Wildman–Crippen MR) is 102 cm³/mol. The molecule has 2 aromatic heterocycles. The average molecular weight is 417 g/mol. The lowest BCUT2D eigenvalue weighted by atomic mass is 9.92. The van der Waals surface area contributed by atoms with Crippen LogP contribution in [0.5, 0.6) is 0 Å². The standard InChI is InChI=1S/C19H23N5O6/c1-4-14(25)28-7-12-15(29-18(27)10(2)3)16(26)19(8-20,30-12)13-6-5-11-17(21)22-9-23-24(11)13/h5-6,9-10,12,15-16,26H,4,7H2,1-3H3,(H2,21,22,23). The Balaban J connectivity index is 2.03. The van der Waals surface area contributed by atoms with Crippen LogP contribution in [0, 0.1) is 17.2 Å². The zero-order valence-corrected chi connectivity index (χ0v) is 16.8. The number of rotatable bonds is 6. The molecule has 160 valence electrons. The van der Waals surface area contributed by atoms with E-state index in [0.29, 0.717) is 5.52 Å². The van der Waals surface area contributed by atoms with Crippen molar-refractivity contribution in [3.8, 4) is 6.07 Å². The monoisotopic (exact) mass is 417 g/mol. The molecule has 0 bridgehead atoms. The maximum absolute atomic E-state index is 12.2. The Labute approximate surface area is 172 Å². The molecule has 4 unspecified atom stereocenters. The summed E-state index contributed by atoms with van der Waals surface area (Å²) in [5.41, 5.74) is 4.50. The van der Waals surface area contributed by atoms with Gasteiger partial charge in [0, 0.05) is 6.42 Å². The smallest absolute Gasteiger partial charge is 0.308 e. The van der Waals surface area contributed by atoms with Gasteiger partial charge in [0.2, 0.25) is 5.60 Å². The van der Waals surface area contributed by atoms with Gasteiger partial charge < -0.3 is 25.1 Å². The SMILES string of the molecule is CCC(=O)OCC1OC(C#N)(c2ccc3c(N)ncnn23)C(O)C1OC(=O)C(C)C. The maximum Gasteiger partial charge on any atom is 0.308 e. The molecular formula is C19H23N5O6. The first kappa shape index (κ1) is 21.5. The second-order valence-corrected chi connectivity index (χ2v) is 7.20. The van der Waals surface area contributed by atoms with E-state index in [4.69, 9.17) is 19.9 Å². The van der Waals surface area contributed by atoms with Gasteiger partial charge in [0.05, 0.1) is 11.6 Å². The molecule has 2 aromatic rings. The third-order valence-electron chi connectivity index (χ3n) is 4.88. The quantitative estimate of drug-likeness (QED) is 0.625. The number of carbonyl (C=O) groups is 2. The summed E-state index contributed by atoms with van der Waals surface area (Å²) in [4.78, 5) is 27.7. The van der Waals surface area contributed by atoms with E-state index < -0.39 is 41.8 Å². The van der Waals surface area contributed by atoms with Crippen molar-refractivity contribution in [3.05, 3.63) is 24.2 Å². The number of aliphatic hydroxyl groups is 1. The van der Waals surface area contributed by atoms with Crippen LogP contribution in [0.25, 0.3) is 5.52 Å².